The summed E-state index contributed by atoms with van der Waals surface area (Å²) in [6, 6.07) is 14.3. The molecule has 0 radical (unpaired) electrons. The maximum absolute atomic E-state index is 12.5. The lowest BCUT2D eigenvalue weighted by molar-refractivity contribution is -0.0584. The molecule has 4 rings (SSSR count). The fourth-order valence-electron chi connectivity index (χ4n) is 2.84. The third-order valence-electron chi connectivity index (χ3n) is 4.33. The van der Waals surface area contributed by atoms with Gasteiger partial charge in [-0.2, -0.15) is 0 Å². The number of rotatable bonds is 6. The van der Waals surface area contributed by atoms with Crippen LogP contribution in [0.3, 0.4) is 0 Å². The number of carbonyl (C=O) groups excluding carboxylic acids is 3. The summed E-state index contributed by atoms with van der Waals surface area (Å²) in [5.41, 5.74) is 0.0925. The van der Waals surface area contributed by atoms with Crippen molar-refractivity contribution >= 4 is 27.8 Å². The molecule has 3 aromatic rings. The Morgan fingerprint density at radius 2 is 1.67 bits per heavy atom. The van der Waals surface area contributed by atoms with Crippen molar-refractivity contribution < 1.29 is 32.1 Å². The predicted octanol–water partition coefficient (Wildman–Crippen LogP) is 2.13. The first-order valence-electron chi connectivity index (χ1n) is 8.69. The number of hydroxylamine groups is 2. The van der Waals surface area contributed by atoms with Gasteiger partial charge >= 0.3 is 5.97 Å². The molecule has 1 aliphatic rings. The molecule has 0 spiro atoms. The molecule has 152 valence electrons. The molecule has 1 N–H and O–H groups in total. The Bertz CT molecular complexity index is 1210. The van der Waals surface area contributed by atoms with Crippen LogP contribution < -0.4 is 4.72 Å². The zero-order valence-electron chi connectivity index (χ0n) is 15.3. The first-order chi connectivity index (χ1) is 14.4. The summed E-state index contributed by atoms with van der Waals surface area (Å²) in [5.74, 6) is -2.17. The number of nitrogens with zero attached hydrogens (tertiary/aromatic N) is 1. The van der Waals surface area contributed by atoms with Crippen LogP contribution in [0.5, 0.6) is 0 Å². The molecule has 10 heteroatoms. The molecule has 0 bridgehead atoms. The van der Waals surface area contributed by atoms with E-state index in [0.717, 1.165) is 6.07 Å². The molecule has 1 aromatic heterocycles. The molecule has 1 aliphatic heterocycles. The molecule has 9 nitrogen and oxygen atoms in total. The quantitative estimate of drug-likeness (QED) is 0.599. The second-order valence-electron chi connectivity index (χ2n) is 6.26. The van der Waals surface area contributed by atoms with Gasteiger partial charge in [0.2, 0.25) is 10.0 Å². The highest BCUT2D eigenvalue weighted by molar-refractivity contribution is 7.89. The summed E-state index contributed by atoms with van der Waals surface area (Å²) in [4.78, 5) is 41.9. The maximum atomic E-state index is 12.5. The summed E-state index contributed by atoms with van der Waals surface area (Å²) in [6.07, 6.45) is 1.42. The highest BCUT2D eigenvalue weighted by Gasteiger charge is 2.38. The van der Waals surface area contributed by atoms with Gasteiger partial charge in [-0.15, -0.1) is 0 Å². The van der Waals surface area contributed by atoms with E-state index in [1.807, 2.05) is 0 Å². The van der Waals surface area contributed by atoms with Crippen molar-refractivity contribution in [2.75, 3.05) is 0 Å². The number of benzene rings is 2. The van der Waals surface area contributed by atoms with Gasteiger partial charge in [-0.25, -0.2) is 17.9 Å². The largest absolute Gasteiger partial charge is 0.468 e. The van der Waals surface area contributed by atoms with Crippen LogP contribution >= 0.6 is 0 Å². The van der Waals surface area contributed by atoms with Crippen molar-refractivity contribution in [2.24, 2.45) is 0 Å². The smallest absolute Gasteiger partial charge is 0.363 e. The molecular formula is C20H14N2O7S. The topological polar surface area (TPSA) is 123 Å². The fourth-order valence-corrected chi connectivity index (χ4v) is 3.88. The number of imide groups is 1. The first kappa shape index (κ1) is 19.6. The molecule has 0 saturated heterocycles. The van der Waals surface area contributed by atoms with E-state index in [1.54, 1.807) is 24.3 Å². The molecular weight excluding hydrogens is 412 g/mol. The number of furan rings is 1. The van der Waals surface area contributed by atoms with E-state index in [2.05, 4.69) is 4.72 Å². The zero-order valence-corrected chi connectivity index (χ0v) is 16.1. The Morgan fingerprint density at radius 3 is 2.30 bits per heavy atom. The monoisotopic (exact) mass is 426 g/mol. The van der Waals surface area contributed by atoms with E-state index in [4.69, 9.17) is 9.25 Å². The van der Waals surface area contributed by atoms with Gasteiger partial charge in [0.25, 0.3) is 11.8 Å². The SMILES string of the molecule is O=C(ON1C(=O)c2ccccc2C1=O)c1cccc(S(=O)(=O)NCc2ccco2)c1. The van der Waals surface area contributed by atoms with Gasteiger partial charge in [0.15, 0.2) is 0 Å². The second kappa shape index (κ2) is 7.58. The van der Waals surface area contributed by atoms with Gasteiger partial charge < -0.3 is 9.25 Å². The summed E-state index contributed by atoms with van der Waals surface area (Å²) < 4.78 is 32.4. The van der Waals surface area contributed by atoms with Crippen molar-refractivity contribution in [1.29, 1.82) is 0 Å². The molecule has 2 aromatic carbocycles. The van der Waals surface area contributed by atoms with Gasteiger partial charge in [0.05, 0.1) is 34.4 Å². The van der Waals surface area contributed by atoms with Crippen LogP contribution in [0.25, 0.3) is 0 Å². The molecule has 0 fully saturated rings. The number of nitrogens with one attached hydrogen (secondary N) is 1. The van der Waals surface area contributed by atoms with E-state index in [9.17, 15) is 22.8 Å². The standard InChI is InChI=1S/C20H14N2O7S/c23-18-16-8-1-2-9-17(16)19(24)22(18)29-20(25)13-5-3-7-15(11-13)30(26,27)21-12-14-6-4-10-28-14/h1-11,21H,12H2. The Morgan fingerprint density at radius 1 is 0.967 bits per heavy atom. The minimum atomic E-state index is -3.95. The van der Waals surface area contributed by atoms with Gasteiger partial charge in [0, 0.05) is 0 Å². The maximum Gasteiger partial charge on any atom is 0.363 e. The summed E-state index contributed by atoms with van der Waals surface area (Å²) in [5, 5.41) is 0.364. The van der Waals surface area contributed by atoms with Crippen LogP contribution in [0.15, 0.2) is 76.2 Å². The van der Waals surface area contributed by atoms with Crippen LogP contribution in [-0.2, 0) is 21.4 Å². The van der Waals surface area contributed by atoms with Crippen LogP contribution in [0.1, 0.15) is 36.8 Å². The minimum Gasteiger partial charge on any atom is -0.468 e. The molecule has 0 unspecified atom stereocenters. The normalized spacial score (nSPS) is 13.4. The van der Waals surface area contributed by atoms with E-state index < -0.39 is 27.8 Å². The fraction of sp³-hybridized carbons (Fsp3) is 0.0500. The van der Waals surface area contributed by atoms with Crippen LogP contribution in [-0.4, -0.2) is 31.3 Å². The van der Waals surface area contributed by atoms with Crippen LogP contribution in [0, 0.1) is 0 Å². The summed E-state index contributed by atoms with van der Waals surface area (Å²) in [7, 11) is -3.95. The molecule has 30 heavy (non-hydrogen) atoms. The van der Waals surface area contributed by atoms with Crippen molar-refractivity contribution in [3.05, 3.63) is 89.4 Å². The van der Waals surface area contributed by atoms with E-state index >= 15 is 0 Å². The summed E-state index contributed by atoms with van der Waals surface area (Å²) >= 11 is 0. The Kier molecular flexibility index (Phi) is 4.94. The minimum absolute atomic E-state index is 0.0704. The van der Waals surface area contributed by atoms with Gasteiger partial charge in [0.1, 0.15) is 5.76 Å². The average Bonchev–Trinajstić information content (AvgIpc) is 3.36. The first-order valence-corrected chi connectivity index (χ1v) is 10.2. The Hall–Kier alpha value is -3.76. The number of hydrogen-bond donors (Lipinski definition) is 1. The molecule has 2 heterocycles. The van der Waals surface area contributed by atoms with Crippen molar-refractivity contribution in [2.45, 2.75) is 11.4 Å². The number of carbonyl (C=O) groups is 3. The highest BCUT2D eigenvalue weighted by atomic mass is 32.2. The van der Waals surface area contributed by atoms with E-state index in [1.165, 1.54) is 36.6 Å². The average molecular weight is 426 g/mol. The van der Waals surface area contributed by atoms with Gasteiger partial charge in [-0.1, -0.05) is 23.3 Å². The summed E-state index contributed by atoms with van der Waals surface area (Å²) in [6.45, 7) is -0.0704. The van der Waals surface area contributed by atoms with Gasteiger partial charge in [-0.3, -0.25) is 9.59 Å². The van der Waals surface area contributed by atoms with Gasteiger partial charge in [-0.05, 0) is 42.5 Å². The van der Waals surface area contributed by atoms with E-state index in [-0.39, 0.29) is 28.1 Å². The van der Waals surface area contributed by atoms with Crippen molar-refractivity contribution in [3.63, 3.8) is 0 Å². The number of sulfonamides is 1. The number of hydrogen-bond acceptors (Lipinski definition) is 7. The Labute approximate surface area is 170 Å². The highest BCUT2D eigenvalue weighted by Crippen LogP contribution is 2.23. The molecule has 0 atom stereocenters. The lowest BCUT2D eigenvalue weighted by atomic mass is 10.1. The van der Waals surface area contributed by atoms with Crippen molar-refractivity contribution in [1.82, 2.24) is 9.79 Å². The zero-order chi connectivity index (χ0) is 21.3. The van der Waals surface area contributed by atoms with Crippen LogP contribution in [0.4, 0.5) is 0 Å². The molecule has 0 aliphatic carbocycles. The molecule has 0 saturated carbocycles. The predicted molar refractivity (Wildman–Crippen MR) is 102 cm³/mol. The molecule has 2 amide bonds. The third kappa shape index (κ3) is 3.61. The lowest BCUT2D eigenvalue weighted by Gasteiger charge is -2.13. The lowest BCUT2D eigenvalue weighted by Crippen LogP contribution is -2.32. The van der Waals surface area contributed by atoms with E-state index in [0.29, 0.717) is 10.8 Å². The Balaban J connectivity index is 1.51. The van der Waals surface area contributed by atoms with Crippen LogP contribution in [0.2, 0.25) is 0 Å². The number of fused-ring (bicyclic) bond motifs is 1. The second-order valence-corrected chi connectivity index (χ2v) is 8.03. The number of amides is 2. The third-order valence-corrected chi connectivity index (χ3v) is 5.73. The van der Waals surface area contributed by atoms with Crippen molar-refractivity contribution in [3.8, 4) is 0 Å².